The summed E-state index contributed by atoms with van der Waals surface area (Å²) in [6.07, 6.45) is 3.24. The third-order valence-corrected chi connectivity index (χ3v) is 6.56. The van der Waals surface area contributed by atoms with Gasteiger partial charge in [-0.15, -0.1) is 0 Å². The predicted octanol–water partition coefficient (Wildman–Crippen LogP) is 3.77. The maximum Gasteiger partial charge on any atom is 0.160 e. The Morgan fingerprint density at radius 1 is 1.23 bits per heavy atom. The summed E-state index contributed by atoms with van der Waals surface area (Å²) in [7, 11) is 0. The Morgan fingerprint density at radius 3 is 2.73 bits per heavy atom. The van der Waals surface area contributed by atoms with Gasteiger partial charge in [0.1, 0.15) is 11.6 Å². The molecule has 0 radical (unpaired) electrons. The van der Waals surface area contributed by atoms with Crippen LogP contribution in [0.15, 0.2) is 32.7 Å². The molecule has 0 aromatic heterocycles. The number of rotatable bonds is 1. The lowest BCUT2D eigenvalue weighted by molar-refractivity contribution is -0.132. The SMILES string of the molecule is CC1(C)CCC2=NC3C=NCC(=O)C3C(c3ccc(F)c(Br)c3)C2C1=O. The topological polar surface area (TPSA) is 58.9 Å². The molecule has 4 rings (SSSR count). The minimum absolute atomic E-state index is 0.00178. The first-order chi connectivity index (χ1) is 12.3. The third-order valence-electron chi connectivity index (χ3n) is 5.95. The van der Waals surface area contributed by atoms with E-state index in [4.69, 9.17) is 4.99 Å². The van der Waals surface area contributed by atoms with Gasteiger partial charge in [0.2, 0.25) is 0 Å². The number of hydrogen-bond acceptors (Lipinski definition) is 4. The number of Topliss-reactive ketones (excluding diaryl/α,β-unsaturated/α-hetero) is 2. The molecule has 1 aromatic carbocycles. The van der Waals surface area contributed by atoms with Crippen LogP contribution in [-0.4, -0.2) is 36.1 Å². The average Bonchev–Trinajstić information content (AvgIpc) is 2.60. The molecule has 136 valence electrons. The number of fused-ring (bicyclic) bond motifs is 2. The Balaban J connectivity index is 1.89. The predicted molar refractivity (Wildman–Crippen MR) is 101 cm³/mol. The van der Waals surface area contributed by atoms with Gasteiger partial charge >= 0.3 is 0 Å². The molecule has 3 aliphatic rings. The maximum absolute atomic E-state index is 13.8. The molecule has 2 aliphatic heterocycles. The highest BCUT2D eigenvalue weighted by Crippen LogP contribution is 2.48. The second-order valence-electron chi connectivity index (χ2n) is 8.02. The van der Waals surface area contributed by atoms with Crippen LogP contribution in [-0.2, 0) is 9.59 Å². The van der Waals surface area contributed by atoms with Crippen LogP contribution < -0.4 is 0 Å². The molecule has 2 heterocycles. The van der Waals surface area contributed by atoms with Crippen LogP contribution in [0.4, 0.5) is 4.39 Å². The Morgan fingerprint density at radius 2 is 2.00 bits per heavy atom. The first-order valence-corrected chi connectivity index (χ1v) is 9.67. The van der Waals surface area contributed by atoms with Crippen molar-refractivity contribution in [3.05, 3.63) is 34.1 Å². The van der Waals surface area contributed by atoms with Crippen molar-refractivity contribution in [3.8, 4) is 0 Å². The molecule has 6 heteroatoms. The van der Waals surface area contributed by atoms with Gasteiger partial charge in [-0.1, -0.05) is 19.9 Å². The number of hydrogen-bond donors (Lipinski definition) is 0. The molecule has 4 nitrogen and oxygen atoms in total. The van der Waals surface area contributed by atoms with Gasteiger partial charge in [-0.05, 0) is 46.5 Å². The fraction of sp³-hybridized carbons (Fsp3) is 0.500. The molecule has 0 N–H and O–H groups in total. The van der Waals surface area contributed by atoms with Gasteiger partial charge in [0, 0.05) is 23.3 Å². The summed E-state index contributed by atoms with van der Waals surface area (Å²) >= 11 is 3.24. The zero-order chi connectivity index (χ0) is 18.6. The van der Waals surface area contributed by atoms with Gasteiger partial charge < -0.3 is 0 Å². The molecule has 4 atom stereocenters. The quantitative estimate of drug-likeness (QED) is 0.696. The van der Waals surface area contributed by atoms with Crippen LogP contribution in [0.25, 0.3) is 0 Å². The van der Waals surface area contributed by atoms with E-state index in [1.807, 2.05) is 13.8 Å². The lowest BCUT2D eigenvalue weighted by atomic mass is 9.59. The molecule has 0 spiro atoms. The van der Waals surface area contributed by atoms with E-state index in [9.17, 15) is 14.0 Å². The Labute approximate surface area is 160 Å². The number of halogens is 2. The van der Waals surface area contributed by atoms with E-state index < -0.39 is 17.3 Å². The van der Waals surface area contributed by atoms with Crippen molar-refractivity contribution in [2.45, 2.75) is 38.6 Å². The third kappa shape index (κ3) is 2.70. The second kappa shape index (κ2) is 6.19. The van der Waals surface area contributed by atoms with Gasteiger partial charge in [0.15, 0.2) is 5.78 Å². The number of aliphatic imine (C=N–C) groups is 2. The highest BCUT2D eigenvalue weighted by Gasteiger charge is 2.53. The summed E-state index contributed by atoms with van der Waals surface area (Å²) in [4.78, 5) is 34.9. The Hall–Kier alpha value is -1.69. The first kappa shape index (κ1) is 17.7. The van der Waals surface area contributed by atoms with Crippen molar-refractivity contribution in [2.24, 2.45) is 27.2 Å². The van der Waals surface area contributed by atoms with Crippen molar-refractivity contribution in [1.29, 1.82) is 0 Å². The molecule has 26 heavy (non-hydrogen) atoms. The molecule has 1 fully saturated rings. The minimum Gasteiger partial charge on any atom is -0.298 e. The molecule has 0 amide bonds. The van der Waals surface area contributed by atoms with Gasteiger partial charge in [0.25, 0.3) is 0 Å². The average molecular weight is 419 g/mol. The van der Waals surface area contributed by atoms with Crippen LogP contribution in [0, 0.1) is 23.1 Å². The second-order valence-corrected chi connectivity index (χ2v) is 8.87. The van der Waals surface area contributed by atoms with E-state index in [0.29, 0.717) is 4.47 Å². The molecular formula is C20H20BrFN2O2. The van der Waals surface area contributed by atoms with Crippen molar-refractivity contribution < 1.29 is 14.0 Å². The summed E-state index contributed by atoms with van der Waals surface area (Å²) in [5.41, 5.74) is 1.22. The molecule has 0 saturated heterocycles. The summed E-state index contributed by atoms with van der Waals surface area (Å²) in [6.45, 7) is 4.04. The molecular weight excluding hydrogens is 399 g/mol. The van der Waals surface area contributed by atoms with Gasteiger partial charge in [0.05, 0.1) is 28.9 Å². The highest BCUT2D eigenvalue weighted by molar-refractivity contribution is 9.10. The van der Waals surface area contributed by atoms with Crippen LogP contribution >= 0.6 is 15.9 Å². The van der Waals surface area contributed by atoms with Crippen LogP contribution in [0.3, 0.4) is 0 Å². The summed E-state index contributed by atoms with van der Waals surface area (Å²) in [5, 5.41) is 0. The first-order valence-electron chi connectivity index (χ1n) is 8.88. The van der Waals surface area contributed by atoms with E-state index in [2.05, 4.69) is 20.9 Å². The normalized spacial score (nSPS) is 32.7. The zero-order valence-corrected chi connectivity index (χ0v) is 16.3. The lowest BCUT2D eigenvalue weighted by Gasteiger charge is -2.46. The molecule has 1 aliphatic carbocycles. The van der Waals surface area contributed by atoms with E-state index in [1.54, 1.807) is 18.3 Å². The van der Waals surface area contributed by atoms with Crippen LogP contribution in [0.2, 0.25) is 0 Å². The van der Waals surface area contributed by atoms with Crippen LogP contribution in [0.1, 0.15) is 38.2 Å². The van der Waals surface area contributed by atoms with Crippen molar-refractivity contribution in [1.82, 2.24) is 0 Å². The number of ketones is 2. The monoisotopic (exact) mass is 418 g/mol. The van der Waals surface area contributed by atoms with Gasteiger partial charge in [-0.3, -0.25) is 19.6 Å². The zero-order valence-electron chi connectivity index (χ0n) is 14.7. The van der Waals surface area contributed by atoms with Gasteiger partial charge in [-0.2, -0.15) is 0 Å². The van der Waals surface area contributed by atoms with E-state index >= 15 is 0 Å². The smallest absolute Gasteiger partial charge is 0.160 e. The number of carbonyl (C=O) groups excluding carboxylic acids is 2. The number of carbonyl (C=O) groups is 2. The maximum atomic E-state index is 13.8. The molecule has 1 aromatic rings. The van der Waals surface area contributed by atoms with Crippen molar-refractivity contribution in [2.75, 3.05) is 6.54 Å². The van der Waals surface area contributed by atoms with E-state index in [0.717, 1.165) is 24.1 Å². The molecule has 1 saturated carbocycles. The summed E-state index contributed by atoms with van der Waals surface area (Å²) in [5.74, 6) is -1.40. The standard InChI is InChI=1S/C20H20BrFN2O2/c1-20(2)6-5-13-18(19(20)26)16(10-3-4-12(22)11(21)7-10)17-14(24-13)8-23-9-15(17)25/h3-4,7-8,14,16-18H,5-6,9H2,1-2H3. The van der Waals surface area contributed by atoms with Crippen molar-refractivity contribution >= 4 is 39.4 Å². The van der Waals surface area contributed by atoms with Crippen molar-refractivity contribution in [3.63, 3.8) is 0 Å². The Bertz CT molecular complexity index is 861. The van der Waals surface area contributed by atoms with E-state index in [1.165, 1.54) is 6.07 Å². The molecule has 0 bridgehead atoms. The Kier molecular flexibility index (Phi) is 4.21. The largest absolute Gasteiger partial charge is 0.298 e. The number of benzene rings is 1. The van der Waals surface area contributed by atoms with E-state index in [-0.39, 0.29) is 35.9 Å². The number of nitrogens with zero attached hydrogens (tertiary/aromatic N) is 2. The van der Waals surface area contributed by atoms with Crippen LogP contribution in [0.5, 0.6) is 0 Å². The lowest BCUT2D eigenvalue weighted by Crippen LogP contribution is -2.53. The fourth-order valence-corrected chi connectivity index (χ4v) is 4.89. The summed E-state index contributed by atoms with van der Waals surface area (Å²) < 4.78 is 14.1. The minimum atomic E-state index is -0.447. The van der Waals surface area contributed by atoms with Gasteiger partial charge in [-0.25, -0.2) is 4.39 Å². The summed E-state index contributed by atoms with van der Waals surface area (Å²) in [6, 6.07) is 4.46. The highest BCUT2D eigenvalue weighted by atomic mass is 79.9. The molecule has 4 unspecified atom stereocenters. The fourth-order valence-electron chi connectivity index (χ4n) is 4.49.